The number of thiophene rings is 1. The predicted octanol–water partition coefficient (Wildman–Crippen LogP) is 2.58. The van der Waals surface area contributed by atoms with Crippen molar-refractivity contribution < 1.29 is 14.6 Å². The monoisotopic (exact) mass is 398 g/mol. The van der Waals surface area contributed by atoms with Gasteiger partial charge in [0.05, 0.1) is 24.6 Å². The van der Waals surface area contributed by atoms with Crippen molar-refractivity contribution in [1.29, 1.82) is 0 Å². The molecule has 0 radical (unpaired) electrons. The molecule has 3 aromatic rings. The molecule has 4 rings (SSSR count). The van der Waals surface area contributed by atoms with E-state index in [1.807, 2.05) is 18.2 Å². The van der Waals surface area contributed by atoms with Crippen LogP contribution in [0.1, 0.15) is 0 Å². The van der Waals surface area contributed by atoms with Crippen LogP contribution in [0.4, 0.5) is 5.82 Å². The van der Waals surface area contributed by atoms with Gasteiger partial charge in [-0.05, 0) is 18.7 Å². The Balaban J connectivity index is 1.56. The van der Waals surface area contributed by atoms with Crippen LogP contribution >= 0.6 is 11.3 Å². The second kappa shape index (κ2) is 8.22. The molecule has 7 nitrogen and oxygen atoms in total. The Morgan fingerprint density at radius 1 is 1.36 bits per heavy atom. The summed E-state index contributed by atoms with van der Waals surface area (Å²) >= 11 is 1.66. The van der Waals surface area contributed by atoms with Crippen LogP contribution in [0.15, 0.2) is 42.7 Å². The molecule has 1 aliphatic heterocycles. The summed E-state index contributed by atoms with van der Waals surface area (Å²) in [6.07, 6.45) is 1.56. The maximum atomic E-state index is 10.9. The third-order valence-corrected chi connectivity index (χ3v) is 5.82. The molecule has 0 aliphatic carbocycles. The van der Waals surface area contributed by atoms with Gasteiger partial charge in [-0.15, -0.1) is 11.3 Å². The first-order chi connectivity index (χ1) is 13.6. The van der Waals surface area contributed by atoms with Gasteiger partial charge in [0, 0.05) is 24.5 Å². The van der Waals surface area contributed by atoms with Gasteiger partial charge in [0.15, 0.2) is 0 Å². The van der Waals surface area contributed by atoms with Gasteiger partial charge in [0.1, 0.15) is 17.0 Å². The number of rotatable bonds is 6. The lowest BCUT2D eigenvalue weighted by atomic mass is 10.2. The van der Waals surface area contributed by atoms with Gasteiger partial charge >= 0.3 is 5.97 Å². The van der Waals surface area contributed by atoms with Gasteiger partial charge < -0.3 is 14.7 Å². The molecule has 8 heteroatoms. The topological polar surface area (TPSA) is 78.8 Å². The van der Waals surface area contributed by atoms with E-state index in [4.69, 9.17) is 9.84 Å². The Bertz CT molecular complexity index is 962. The minimum Gasteiger partial charge on any atom is -0.480 e. The van der Waals surface area contributed by atoms with Crippen molar-refractivity contribution in [3.8, 4) is 10.4 Å². The van der Waals surface area contributed by atoms with Gasteiger partial charge in [0.25, 0.3) is 0 Å². The zero-order valence-electron chi connectivity index (χ0n) is 15.6. The minimum atomic E-state index is -0.834. The fourth-order valence-electron chi connectivity index (χ4n) is 3.50. The number of carboxylic acids is 1. The molecular formula is C20H22N4O3S. The summed E-state index contributed by atoms with van der Waals surface area (Å²) in [7, 11) is 1.80. The second-order valence-corrected chi connectivity index (χ2v) is 7.95. The molecule has 0 spiro atoms. The fraction of sp³-hybridized carbons (Fsp3) is 0.350. The molecular weight excluding hydrogens is 376 g/mol. The number of carbonyl (C=O) groups is 1. The summed E-state index contributed by atoms with van der Waals surface area (Å²) in [6, 6.07) is 12.4. The van der Waals surface area contributed by atoms with Crippen molar-refractivity contribution in [3.05, 3.63) is 42.7 Å². The number of fused-ring (bicyclic) bond motifs is 1. The quantitative estimate of drug-likeness (QED) is 0.684. The molecule has 0 amide bonds. The molecule has 1 aliphatic rings. The number of nitrogens with zero attached hydrogens (tertiary/aromatic N) is 4. The fourth-order valence-corrected chi connectivity index (χ4v) is 4.50. The second-order valence-electron chi connectivity index (χ2n) is 6.92. The first-order valence-corrected chi connectivity index (χ1v) is 9.98. The van der Waals surface area contributed by atoms with E-state index >= 15 is 0 Å². The van der Waals surface area contributed by atoms with E-state index in [0.717, 1.165) is 22.6 Å². The third-order valence-electron chi connectivity index (χ3n) is 4.73. The number of benzene rings is 1. The van der Waals surface area contributed by atoms with E-state index in [1.165, 1.54) is 10.4 Å². The van der Waals surface area contributed by atoms with Crippen LogP contribution in [0, 0.1) is 0 Å². The van der Waals surface area contributed by atoms with Crippen molar-refractivity contribution in [2.24, 2.45) is 0 Å². The Labute approximate surface area is 167 Å². The van der Waals surface area contributed by atoms with E-state index < -0.39 is 5.97 Å². The highest BCUT2D eigenvalue weighted by Crippen LogP contribution is 2.36. The summed E-state index contributed by atoms with van der Waals surface area (Å²) in [5, 5.41) is 10.00. The Hall–Kier alpha value is -2.55. The van der Waals surface area contributed by atoms with Gasteiger partial charge in [-0.2, -0.15) is 0 Å². The number of aliphatic carboxylic acids is 1. The van der Waals surface area contributed by atoms with Crippen molar-refractivity contribution >= 4 is 33.3 Å². The average Bonchev–Trinajstić information content (AvgIpc) is 3.12. The van der Waals surface area contributed by atoms with Crippen LogP contribution in [0.2, 0.25) is 0 Å². The molecule has 2 aromatic heterocycles. The minimum absolute atomic E-state index is 0.00256. The van der Waals surface area contributed by atoms with Crippen LogP contribution in [0.3, 0.4) is 0 Å². The maximum Gasteiger partial charge on any atom is 0.317 e. The number of anilines is 1. The smallest absolute Gasteiger partial charge is 0.317 e. The van der Waals surface area contributed by atoms with Gasteiger partial charge in [-0.3, -0.25) is 9.69 Å². The van der Waals surface area contributed by atoms with Gasteiger partial charge in [-0.1, -0.05) is 30.3 Å². The van der Waals surface area contributed by atoms with Gasteiger partial charge in [-0.25, -0.2) is 9.97 Å². The highest BCUT2D eigenvalue weighted by atomic mass is 32.1. The summed E-state index contributed by atoms with van der Waals surface area (Å²) in [5.74, 6) is 0.0806. The average molecular weight is 398 g/mol. The summed E-state index contributed by atoms with van der Waals surface area (Å²) in [6.45, 7) is 2.58. The van der Waals surface area contributed by atoms with E-state index in [-0.39, 0.29) is 12.6 Å². The Morgan fingerprint density at radius 2 is 2.18 bits per heavy atom. The lowest BCUT2D eigenvalue weighted by Crippen LogP contribution is -2.48. The van der Waals surface area contributed by atoms with E-state index in [0.29, 0.717) is 19.7 Å². The van der Waals surface area contributed by atoms with Crippen LogP contribution in [-0.2, 0) is 9.53 Å². The van der Waals surface area contributed by atoms with Crippen molar-refractivity contribution in [2.45, 2.75) is 6.10 Å². The standard InChI is InChI=1S/C20H22N4O3S/c1-23(12-18(25)26)10-15-11-24(7-8-27-15)19-16-9-17(14-5-3-2-4-6-14)28-20(16)22-13-21-19/h2-6,9,13,15H,7-8,10-12H2,1H3,(H,25,26). The third kappa shape index (κ3) is 4.14. The van der Waals surface area contributed by atoms with Crippen molar-refractivity contribution in [3.63, 3.8) is 0 Å². The zero-order chi connectivity index (χ0) is 19.5. The molecule has 1 aromatic carbocycles. The highest BCUT2D eigenvalue weighted by Gasteiger charge is 2.25. The lowest BCUT2D eigenvalue weighted by Gasteiger charge is -2.35. The lowest BCUT2D eigenvalue weighted by molar-refractivity contribution is -0.138. The zero-order valence-corrected chi connectivity index (χ0v) is 16.4. The molecule has 1 saturated heterocycles. The first-order valence-electron chi connectivity index (χ1n) is 9.17. The maximum absolute atomic E-state index is 10.9. The normalized spacial score (nSPS) is 17.4. The number of carboxylic acid groups (broad SMARTS) is 1. The summed E-state index contributed by atoms with van der Waals surface area (Å²) < 4.78 is 5.85. The Kier molecular flexibility index (Phi) is 5.52. The Morgan fingerprint density at radius 3 is 2.96 bits per heavy atom. The molecule has 0 saturated carbocycles. The van der Waals surface area contributed by atoms with E-state index in [9.17, 15) is 4.79 Å². The first kappa shape index (κ1) is 18.8. The van der Waals surface area contributed by atoms with Crippen molar-refractivity contribution in [1.82, 2.24) is 14.9 Å². The summed E-state index contributed by atoms with van der Waals surface area (Å²) in [5.41, 5.74) is 1.17. The van der Waals surface area contributed by atoms with E-state index in [1.54, 1.807) is 29.6 Å². The number of hydrogen-bond donors (Lipinski definition) is 1. The molecule has 1 unspecified atom stereocenters. The van der Waals surface area contributed by atoms with Crippen LogP contribution in [0.25, 0.3) is 20.7 Å². The van der Waals surface area contributed by atoms with Crippen LogP contribution < -0.4 is 4.90 Å². The predicted molar refractivity (Wildman–Crippen MR) is 110 cm³/mol. The largest absolute Gasteiger partial charge is 0.480 e. The molecule has 0 bridgehead atoms. The molecule has 1 atom stereocenters. The van der Waals surface area contributed by atoms with E-state index in [2.05, 4.69) is 33.1 Å². The molecule has 1 fully saturated rings. The molecule has 3 heterocycles. The van der Waals surface area contributed by atoms with Gasteiger partial charge in [0.2, 0.25) is 0 Å². The number of aromatic nitrogens is 2. The van der Waals surface area contributed by atoms with Crippen LogP contribution in [0.5, 0.6) is 0 Å². The SMILES string of the molecule is CN(CC(=O)O)CC1CN(c2ncnc3sc(-c4ccccc4)cc23)CCO1. The molecule has 146 valence electrons. The number of morpholine rings is 1. The van der Waals surface area contributed by atoms with Crippen molar-refractivity contribution in [2.75, 3.05) is 44.7 Å². The number of ether oxygens (including phenoxy) is 1. The summed E-state index contributed by atoms with van der Waals surface area (Å²) in [4.78, 5) is 26.0. The highest BCUT2D eigenvalue weighted by molar-refractivity contribution is 7.21. The number of hydrogen-bond acceptors (Lipinski definition) is 7. The molecule has 1 N–H and O–H groups in total. The molecule has 28 heavy (non-hydrogen) atoms. The van der Waals surface area contributed by atoms with Crippen LogP contribution in [-0.4, -0.2) is 71.9 Å². The number of likely N-dealkylation sites (N-methyl/N-ethyl adjacent to an activating group) is 1.